The molecule has 1 amide bonds. The lowest BCUT2D eigenvalue weighted by Crippen LogP contribution is -3.12. The molecule has 0 radical (unpaired) electrons. The number of aromatic nitrogens is 1. The number of halogens is 1. The summed E-state index contributed by atoms with van der Waals surface area (Å²) >= 11 is 3.45. The number of Topliss-reactive ketones (excluding diaryl/α,β-unsaturated/α-hetero) is 1. The number of benzene rings is 1. The van der Waals surface area contributed by atoms with Crippen LogP contribution in [0.15, 0.2) is 58.8 Å². The largest absolute Gasteiger partial charge is 0.872 e. The molecule has 29 heavy (non-hydrogen) atoms. The normalized spacial score (nSPS) is 18.6. The Hall–Kier alpha value is -2.51. The molecule has 1 N–H and O–H groups in total. The Balaban J connectivity index is 2.09. The first-order chi connectivity index (χ1) is 14.0. The molecule has 3 rings (SSSR count). The van der Waals surface area contributed by atoms with E-state index in [1.807, 2.05) is 24.3 Å². The van der Waals surface area contributed by atoms with Gasteiger partial charge in [0, 0.05) is 22.4 Å². The first-order valence-electron chi connectivity index (χ1n) is 9.73. The summed E-state index contributed by atoms with van der Waals surface area (Å²) in [5, 5.41) is 13.2. The second-order valence-corrected chi connectivity index (χ2v) is 7.89. The molecule has 1 atom stereocenters. The predicted molar refractivity (Wildman–Crippen MR) is 112 cm³/mol. The van der Waals surface area contributed by atoms with Gasteiger partial charge in [-0.3, -0.25) is 14.6 Å². The fraction of sp³-hybridized carbons (Fsp3) is 0.318. The molecule has 0 spiro atoms. The topological polar surface area (TPSA) is 77.8 Å². The smallest absolute Gasteiger partial charge is 0.295 e. The summed E-state index contributed by atoms with van der Waals surface area (Å²) in [4.78, 5) is 32.6. The zero-order valence-corrected chi connectivity index (χ0v) is 18.1. The number of nitrogens with one attached hydrogen (secondary N) is 1. The maximum absolute atomic E-state index is 13.2. The zero-order chi connectivity index (χ0) is 21.0. The van der Waals surface area contributed by atoms with Gasteiger partial charge in [-0.05, 0) is 49.2 Å². The van der Waals surface area contributed by atoms with Crippen LogP contribution in [0.25, 0.3) is 5.76 Å². The average Bonchev–Trinajstić information content (AvgIpc) is 2.99. The van der Waals surface area contributed by atoms with E-state index < -0.39 is 23.5 Å². The molecule has 0 saturated carbocycles. The number of ketones is 1. The number of amides is 1. The molecule has 2 heterocycles. The van der Waals surface area contributed by atoms with Gasteiger partial charge in [-0.1, -0.05) is 33.8 Å². The van der Waals surface area contributed by atoms with E-state index in [1.165, 1.54) is 17.3 Å². The van der Waals surface area contributed by atoms with Crippen LogP contribution in [-0.4, -0.2) is 47.8 Å². The number of rotatable bonds is 7. The summed E-state index contributed by atoms with van der Waals surface area (Å²) in [6.07, 6.45) is 3.01. The molecule has 152 valence electrons. The van der Waals surface area contributed by atoms with Crippen LogP contribution in [0.5, 0.6) is 0 Å². The van der Waals surface area contributed by atoms with E-state index >= 15 is 0 Å². The lowest BCUT2D eigenvalue weighted by molar-refractivity contribution is -0.895. The van der Waals surface area contributed by atoms with Gasteiger partial charge in [0.2, 0.25) is 5.78 Å². The van der Waals surface area contributed by atoms with Crippen molar-refractivity contribution in [2.75, 3.05) is 26.2 Å². The van der Waals surface area contributed by atoms with Crippen LogP contribution in [0.1, 0.15) is 31.0 Å². The predicted octanol–water partition coefficient (Wildman–Crippen LogP) is 0.993. The van der Waals surface area contributed by atoms with Gasteiger partial charge in [0.25, 0.3) is 5.91 Å². The summed E-state index contributed by atoms with van der Waals surface area (Å²) < 4.78 is 0.826. The van der Waals surface area contributed by atoms with Crippen LogP contribution in [0.2, 0.25) is 0 Å². The van der Waals surface area contributed by atoms with Crippen LogP contribution in [0.3, 0.4) is 0 Å². The molecule has 1 aromatic carbocycles. The molecule has 2 aromatic rings. The van der Waals surface area contributed by atoms with Crippen molar-refractivity contribution in [1.82, 2.24) is 9.88 Å². The van der Waals surface area contributed by atoms with Crippen LogP contribution >= 0.6 is 15.9 Å². The lowest BCUT2D eigenvalue weighted by Gasteiger charge is -2.28. The number of carbonyl (C=O) groups excluding carboxylic acids is 2. The van der Waals surface area contributed by atoms with Crippen LogP contribution < -0.4 is 10.0 Å². The van der Waals surface area contributed by atoms with Crippen molar-refractivity contribution in [2.45, 2.75) is 19.9 Å². The number of likely N-dealkylation sites (N-methyl/N-ethyl adjacent to an activating group) is 1. The van der Waals surface area contributed by atoms with Gasteiger partial charge in [0.05, 0.1) is 32.2 Å². The Labute approximate surface area is 179 Å². The summed E-state index contributed by atoms with van der Waals surface area (Å²) in [6.45, 7) is 7.17. The van der Waals surface area contributed by atoms with Gasteiger partial charge in [-0.2, -0.15) is 0 Å². The van der Waals surface area contributed by atoms with E-state index in [2.05, 4.69) is 34.8 Å². The van der Waals surface area contributed by atoms with Crippen molar-refractivity contribution in [3.05, 3.63) is 70.0 Å². The highest BCUT2D eigenvalue weighted by Gasteiger charge is 2.44. The number of pyridine rings is 1. The van der Waals surface area contributed by atoms with Gasteiger partial charge >= 0.3 is 0 Å². The van der Waals surface area contributed by atoms with E-state index in [9.17, 15) is 14.7 Å². The van der Waals surface area contributed by atoms with Gasteiger partial charge in [0.1, 0.15) is 0 Å². The maximum atomic E-state index is 13.2. The van der Waals surface area contributed by atoms with Gasteiger partial charge < -0.3 is 14.9 Å². The van der Waals surface area contributed by atoms with Crippen molar-refractivity contribution in [1.29, 1.82) is 0 Å². The number of quaternary nitrogens is 1. The molecule has 1 unspecified atom stereocenters. The lowest BCUT2D eigenvalue weighted by atomic mass is 9.95. The SMILES string of the molecule is CC[NH+](CC)CCN1C(=O)C(=O)/C(=C(/[O-])c2ccncc2)C1c1cccc(Br)c1. The third kappa shape index (κ3) is 4.41. The van der Waals surface area contributed by atoms with E-state index in [1.54, 1.807) is 17.0 Å². The molecule has 1 aromatic heterocycles. The Morgan fingerprint density at radius 1 is 1.17 bits per heavy atom. The van der Waals surface area contributed by atoms with Crippen molar-refractivity contribution in [2.24, 2.45) is 0 Å². The van der Waals surface area contributed by atoms with E-state index in [0.717, 1.165) is 23.1 Å². The molecular weight excluding hydrogens is 434 g/mol. The van der Waals surface area contributed by atoms with Crippen molar-refractivity contribution in [3.8, 4) is 0 Å². The van der Waals surface area contributed by atoms with Gasteiger partial charge in [-0.15, -0.1) is 0 Å². The molecular formula is C22H24BrN3O3. The van der Waals surface area contributed by atoms with Crippen molar-refractivity contribution in [3.63, 3.8) is 0 Å². The highest BCUT2D eigenvalue weighted by molar-refractivity contribution is 9.10. The Morgan fingerprint density at radius 2 is 1.86 bits per heavy atom. The standard InChI is InChI=1S/C22H24BrN3O3/c1-3-25(4-2)12-13-26-19(16-6-5-7-17(23)14-16)18(21(28)22(26)29)20(27)15-8-10-24-11-9-15/h5-11,14,19,27H,3-4,12-13H2,1-2H3/b20-18+. The Bertz CT molecular complexity index is 926. The molecule has 0 bridgehead atoms. The molecule has 7 heteroatoms. The molecule has 1 aliphatic heterocycles. The molecule has 1 aliphatic rings. The number of hydrogen-bond donors (Lipinski definition) is 1. The number of hydrogen-bond acceptors (Lipinski definition) is 4. The Kier molecular flexibility index (Phi) is 6.82. The maximum Gasteiger partial charge on any atom is 0.295 e. The molecule has 0 aliphatic carbocycles. The fourth-order valence-electron chi connectivity index (χ4n) is 3.67. The second kappa shape index (κ2) is 9.33. The second-order valence-electron chi connectivity index (χ2n) is 6.97. The summed E-state index contributed by atoms with van der Waals surface area (Å²) in [5.74, 6) is -1.75. The van der Waals surface area contributed by atoms with E-state index in [4.69, 9.17) is 0 Å². The summed E-state index contributed by atoms with van der Waals surface area (Å²) in [7, 11) is 0. The minimum Gasteiger partial charge on any atom is -0.872 e. The summed E-state index contributed by atoms with van der Waals surface area (Å²) in [5.41, 5.74) is 1.10. The van der Waals surface area contributed by atoms with E-state index in [0.29, 0.717) is 18.7 Å². The zero-order valence-electron chi connectivity index (χ0n) is 16.5. The first kappa shape index (κ1) is 21.2. The minimum atomic E-state index is -0.716. The number of likely N-dealkylation sites (tertiary alicyclic amines) is 1. The molecule has 1 saturated heterocycles. The monoisotopic (exact) mass is 457 g/mol. The quantitative estimate of drug-likeness (QED) is 0.382. The van der Waals surface area contributed by atoms with Gasteiger partial charge in [0.15, 0.2) is 0 Å². The molecule has 1 fully saturated rings. The number of nitrogens with zero attached hydrogens (tertiary/aromatic N) is 2. The number of carbonyl (C=O) groups is 2. The van der Waals surface area contributed by atoms with Crippen LogP contribution in [0.4, 0.5) is 0 Å². The third-order valence-corrected chi connectivity index (χ3v) is 5.84. The highest BCUT2D eigenvalue weighted by Crippen LogP contribution is 2.38. The minimum absolute atomic E-state index is 0.00819. The highest BCUT2D eigenvalue weighted by atomic mass is 79.9. The van der Waals surface area contributed by atoms with Gasteiger partial charge in [-0.25, -0.2) is 0 Å². The van der Waals surface area contributed by atoms with Crippen molar-refractivity contribution < 1.29 is 19.6 Å². The van der Waals surface area contributed by atoms with Crippen molar-refractivity contribution >= 4 is 33.4 Å². The summed E-state index contributed by atoms with van der Waals surface area (Å²) in [6, 6.07) is 9.85. The van der Waals surface area contributed by atoms with Crippen LogP contribution in [0, 0.1) is 0 Å². The Morgan fingerprint density at radius 3 is 2.48 bits per heavy atom. The third-order valence-electron chi connectivity index (χ3n) is 5.34. The first-order valence-corrected chi connectivity index (χ1v) is 10.5. The molecule has 6 nitrogen and oxygen atoms in total. The average molecular weight is 458 g/mol. The van der Waals surface area contributed by atoms with E-state index in [-0.39, 0.29) is 5.57 Å². The fourth-order valence-corrected chi connectivity index (χ4v) is 4.08. The van der Waals surface area contributed by atoms with Crippen LogP contribution in [-0.2, 0) is 9.59 Å².